The van der Waals surface area contributed by atoms with E-state index in [4.69, 9.17) is 0 Å². The van der Waals surface area contributed by atoms with E-state index in [-0.39, 0.29) is 4.90 Å². The first kappa shape index (κ1) is 16.2. The maximum absolute atomic E-state index is 12.7. The molecular formula is C15H18N6O2S. The molecule has 0 fully saturated rings. The molecule has 0 aliphatic heterocycles. The van der Waals surface area contributed by atoms with Gasteiger partial charge in [0.15, 0.2) is 5.82 Å². The van der Waals surface area contributed by atoms with Crippen LogP contribution in [0.2, 0.25) is 0 Å². The Labute approximate surface area is 140 Å². The molecule has 1 N–H and O–H groups in total. The number of aryl methyl sites for hydroxylation is 2. The number of hydrogen-bond donors (Lipinski definition) is 1. The van der Waals surface area contributed by atoms with Gasteiger partial charge in [0.25, 0.3) is 10.0 Å². The summed E-state index contributed by atoms with van der Waals surface area (Å²) in [5.41, 5.74) is 2.13. The molecule has 2 heterocycles. The largest absolute Gasteiger partial charge is 0.274 e. The van der Waals surface area contributed by atoms with Crippen molar-refractivity contribution in [2.45, 2.75) is 32.2 Å². The molecule has 3 aromatic rings. The average Bonchev–Trinajstić information content (AvgIpc) is 3.17. The minimum Gasteiger partial charge on any atom is -0.274 e. The zero-order chi connectivity index (χ0) is 17.3. The smallest absolute Gasteiger partial charge is 0.262 e. The molecule has 24 heavy (non-hydrogen) atoms. The van der Waals surface area contributed by atoms with Crippen molar-refractivity contribution in [1.82, 2.24) is 24.5 Å². The molecule has 0 unspecified atom stereocenters. The van der Waals surface area contributed by atoms with Crippen molar-refractivity contribution in [3.05, 3.63) is 48.2 Å². The van der Waals surface area contributed by atoms with Crippen LogP contribution in [0.4, 0.5) is 5.69 Å². The van der Waals surface area contributed by atoms with E-state index in [1.807, 2.05) is 20.8 Å². The van der Waals surface area contributed by atoms with Gasteiger partial charge in [-0.1, -0.05) is 17.7 Å². The van der Waals surface area contributed by atoms with Gasteiger partial charge < -0.3 is 0 Å². The minimum absolute atomic E-state index is 0.200. The number of nitrogens with zero attached hydrogens (tertiary/aromatic N) is 5. The summed E-state index contributed by atoms with van der Waals surface area (Å²) < 4.78 is 31.3. The van der Waals surface area contributed by atoms with Gasteiger partial charge in [-0.15, -0.1) is 10.2 Å². The second kappa shape index (κ2) is 6.08. The van der Waals surface area contributed by atoms with Gasteiger partial charge >= 0.3 is 0 Å². The highest BCUT2D eigenvalue weighted by Crippen LogP contribution is 2.26. The number of rotatable bonds is 5. The van der Waals surface area contributed by atoms with Crippen LogP contribution in [-0.4, -0.2) is 33.0 Å². The van der Waals surface area contributed by atoms with Gasteiger partial charge in [-0.3, -0.25) is 14.0 Å². The normalized spacial score (nSPS) is 11.6. The van der Waals surface area contributed by atoms with Crippen LogP contribution in [0, 0.1) is 13.8 Å². The first-order valence-electron chi connectivity index (χ1n) is 7.44. The lowest BCUT2D eigenvalue weighted by Crippen LogP contribution is -2.14. The molecule has 0 radical (unpaired) electrons. The van der Waals surface area contributed by atoms with Crippen LogP contribution in [0.1, 0.15) is 18.2 Å². The average molecular weight is 346 g/mol. The van der Waals surface area contributed by atoms with Gasteiger partial charge in [0.05, 0.1) is 10.6 Å². The third-order valence-electron chi connectivity index (χ3n) is 3.72. The predicted octanol–water partition coefficient (Wildman–Crippen LogP) is 1.90. The summed E-state index contributed by atoms with van der Waals surface area (Å²) in [6.45, 7) is 6.28. The topological polar surface area (TPSA) is 94.7 Å². The van der Waals surface area contributed by atoms with Crippen molar-refractivity contribution in [3.63, 3.8) is 0 Å². The lowest BCUT2D eigenvalue weighted by atomic mass is 10.2. The SMILES string of the molecule is CCn1nc(-n2cnnc2)c(NS(=O)(=O)c2ccc(C)cc2)c1C. The molecule has 1 aromatic carbocycles. The van der Waals surface area contributed by atoms with Gasteiger partial charge in [-0.05, 0) is 32.9 Å². The van der Waals surface area contributed by atoms with Crippen LogP contribution in [0.3, 0.4) is 0 Å². The van der Waals surface area contributed by atoms with E-state index in [2.05, 4.69) is 20.0 Å². The van der Waals surface area contributed by atoms with E-state index in [1.165, 1.54) is 12.7 Å². The van der Waals surface area contributed by atoms with Crippen molar-refractivity contribution in [2.75, 3.05) is 4.72 Å². The third kappa shape index (κ3) is 2.90. The number of aromatic nitrogens is 5. The van der Waals surface area contributed by atoms with Gasteiger partial charge in [0.2, 0.25) is 0 Å². The Morgan fingerprint density at radius 3 is 2.29 bits per heavy atom. The molecule has 0 spiro atoms. The number of benzene rings is 1. The highest BCUT2D eigenvalue weighted by molar-refractivity contribution is 7.92. The minimum atomic E-state index is -3.72. The fourth-order valence-corrected chi connectivity index (χ4v) is 3.48. The van der Waals surface area contributed by atoms with Crippen LogP contribution in [0.15, 0.2) is 41.8 Å². The lowest BCUT2D eigenvalue weighted by Gasteiger charge is -2.10. The highest BCUT2D eigenvalue weighted by Gasteiger charge is 2.22. The van der Waals surface area contributed by atoms with E-state index in [1.54, 1.807) is 33.5 Å². The Morgan fingerprint density at radius 1 is 1.08 bits per heavy atom. The van der Waals surface area contributed by atoms with E-state index >= 15 is 0 Å². The van der Waals surface area contributed by atoms with Gasteiger partial charge in [-0.25, -0.2) is 8.42 Å². The monoisotopic (exact) mass is 346 g/mol. The molecule has 9 heteroatoms. The predicted molar refractivity (Wildman–Crippen MR) is 89.5 cm³/mol. The summed E-state index contributed by atoms with van der Waals surface area (Å²) in [6.07, 6.45) is 2.96. The number of anilines is 1. The molecule has 8 nitrogen and oxygen atoms in total. The molecule has 0 aliphatic carbocycles. The number of sulfonamides is 1. The first-order valence-corrected chi connectivity index (χ1v) is 8.92. The molecule has 0 atom stereocenters. The van der Waals surface area contributed by atoms with Crippen LogP contribution in [-0.2, 0) is 16.6 Å². The van der Waals surface area contributed by atoms with E-state index in [9.17, 15) is 8.42 Å². The van der Waals surface area contributed by atoms with E-state index in [0.717, 1.165) is 11.3 Å². The lowest BCUT2D eigenvalue weighted by molar-refractivity contribution is 0.601. The highest BCUT2D eigenvalue weighted by atomic mass is 32.2. The molecule has 0 saturated carbocycles. The fraction of sp³-hybridized carbons (Fsp3) is 0.267. The first-order chi connectivity index (χ1) is 11.4. The van der Waals surface area contributed by atoms with Crippen LogP contribution >= 0.6 is 0 Å². The van der Waals surface area contributed by atoms with Crippen molar-refractivity contribution in [3.8, 4) is 5.82 Å². The number of hydrogen-bond acceptors (Lipinski definition) is 5. The summed E-state index contributed by atoms with van der Waals surface area (Å²) in [5.74, 6) is 0.440. The second-order valence-electron chi connectivity index (χ2n) is 5.39. The summed E-state index contributed by atoms with van der Waals surface area (Å²) in [7, 11) is -3.72. The second-order valence-corrected chi connectivity index (χ2v) is 7.07. The zero-order valence-electron chi connectivity index (χ0n) is 13.6. The van der Waals surface area contributed by atoms with Crippen molar-refractivity contribution >= 4 is 15.7 Å². The quantitative estimate of drug-likeness (QED) is 0.761. The molecule has 0 aliphatic rings. The summed E-state index contributed by atoms with van der Waals surface area (Å²) in [5, 5.41) is 11.9. The van der Waals surface area contributed by atoms with Crippen molar-refractivity contribution < 1.29 is 8.42 Å². The van der Waals surface area contributed by atoms with E-state index < -0.39 is 10.0 Å². The van der Waals surface area contributed by atoms with Gasteiger partial charge in [-0.2, -0.15) is 5.10 Å². The molecule has 0 amide bonds. The molecule has 0 saturated heterocycles. The standard InChI is InChI=1S/C15H18N6O2S/c1-4-21-12(3)14(15(18-21)20-9-16-17-10-20)19-24(22,23)13-7-5-11(2)6-8-13/h5-10,19H,4H2,1-3H3. The maximum Gasteiger partial charge on any atom is 0.262 e. The zero-order valence-corrected chi connectivity index (χ0v) is 14.4. The van der Waals surface area contributed by atoms with Gasteiger partial charge in [0.1, 0.15) is 18.3 Å². The Balaban J connectivity index is 2.06. The summed E-state index contributed by atoms with van der Waals surface area (Å²) >= 11 is 0. The molecule has 0 bridgehead atoms. The Morgan fingerprint density at radius 2 is 1.71 bits per heavy atom. The van der Waals surface area contributed by atoms with Crippen molar-refractivity contribution in [2.24, 2.45) is 0 Å². The number of nitrogens with one attached hydrogen (secondary N) is 1. The van der Waals surface area contributed by atoms with Crippen LogP contribution in [0.25, 0.3) is 5.82 Å². The maximum atomic E-state index is 12.7. The summed E-state index contributed by atoms with van der Waals surface area (Å²) in [4.78, 5) is 0.200. The third-order valence-corrected chi connectivity index (χ3v) is 5.08. The Kier molecular flexibility index (Phi) is 4.10. The Hall–Kier alpha value is -2.68. The van der Waals surface area contributed by atoms with Crippen LogP contribution < -0.4 is 4.72 Å². The Bertz CT molecular complexity index is 943. The van der Waals surface area contributed by atoms with Crippen molar-refractivity contribution in [1.29, 1.82) is 0 Å². The van der Waals surface area contributed by atoms with E-state index in [0.29, 0.717) is 18.1 Å². The fourth-order valence-electron chi connectivity index (χ4n) is 2.36. The summed E-state index contributed by atoms with van der Waals surface area (Å²) in [6, 6.07) is 6.68. The molecule has 2 aromatic heterocycles. The van der Waals surface area contributed by atoms with Crippen LogP contribution in [0.5, 0.6) is 0 Å². The molecule has 126 valence electrons. The molecular weight excluding hydrogens is 328 g/mol. The van der Waals surface area contributed by atoms with Gasteiger partial charge in [0, 0.05) is 6.54 Å². The molecule has 3 rings (SSSR count).